The Balaban J connectivity index is 0. The monoisotopic (exact) mass is 310 g/mol. The quantitative estimate of drug-likeness (QED) is 0.534. The molecule has 0 saturated heterocycles. The molecule has 0 aliphatic rings. The van der Waals surface area contributed by atoms with E-state index in [9.17, 15) is 0 Å². The van der Waals surface area contributed by atoms with Gasteiger partial charge in [-0.1, -0.05) is 64.0 Å². The van der Waals surface area contributed by atoms with Crippen molar-refractivity contribution in [3.05, 3.63) is 0 Å². The Morgan fingerprint density at radius 2 is 1.25 bits per heavy atom. The van der Waals surface area contributed by atoms with E-state index in [4.69, 9.17) is 35.9 Å². The first-order chi connectivity index (χ1) is 7.01. The molecule has 0 unspecified atom stereocenters. The SMILES string of the molecule is CCCCC(CCCC)(C(N)=S)C(N)=S.[Zn]. The van der Waals surface area contributed by atoms with Gasteiger partial charge in [0.15, 0.2) is 0 Å². The van der Waals surface area contributed by atoms with E-state index in [1.54, 1.807) is 0 Å². The minimum atomic E-state index is -0.378. The molecule has 0 atom stereocenters. The molecule has 90 valence electrons. The van der Waals surface area contributed by atoms with E-state index in [1.807, 2.05) is 0 Å². The Morgan fingerprint density at radius 3 is 1.44 bits per heavy atom. The first-order valence-electron chi connectivity index (χ1n) is 5.61. The second-order valence-corrected chi connectivity index (χ2v) is 4.90. The number of unbranched alkanes of at least 4 members (excludes halogenated alkanes) is 2. The molecule has 16 heavy (non-hydrogen) atoms. The van der Waals surface area contributed by atoms with Gasteiger partial charge < -0.3 is 11.5 Å². The molecule has 5 heteroatoms. The van der Waals surface area contributed by atoms with Crippen molar-refractivity contribution in [1.29, 1.82) is 0 Å². The summed E-state index contributed by atoms with van der Waals surface area (Å²) in [6, 6.07) is 0. The minimum absolute atomic E-state index is 0. The smallest absolute Gasteiger partial charge is 0.0858 e. The summed E-state index contributed by atoms with van der Waals surface area (Å²) in [6.07, 6.45) is 6.15. The van der Waals surface area contributed by atoms with Gasteiger partial charge in [-0.15, -0.1) is 0 Å². The van der Waals surface area contributed by atoms with E-state index < -0.39 is 0 Å². The maximum Gasteiger partial charge on any atom is 0.0858 e. The van der Waals surface area contributed by atoms with Gasteiger partial charge in [-0.2, -0.15) is 0 Å². The normalized spacial score (nSPS) is 10.6. The molecule has 0 aliphatic carbocycles. The van der Waals surface area contributed by atoms with Crippen LogP contribution in [0, 0.1) is 5.41 Å². The van der Waals surface area contributed by atoms with Crippen LogP contribution in [-0.4, -0.2) is 9.98 Å². The fraction of sp³-hybridized carbons (Fsp3) is 0.818. The van der Waals surface area contributed by atoms with Gasteiger partial charge in [0.1, 0.15) is 0 Å². The fourth-order valence-corrected chi connectivity index (χ4v) is 2.39. The van der Waals surface area contributed by atoms with Crippen molar-refractivity contribution in [3.8, 4) is 0 Å². The van der Waals surface area contributed by atoms with Crippen LogP contribution in [0.5, 0.6) is 0 Å². The van der Waals surface area contributed by atoms with Crippen molar-refractivity contribution in [3.63, 3.8) is 0 Å². The maximum absolute atomic E-state index is 5.82. The Labute approximate surface area is 123 Å². The number of hydrogen-bond acceptors (Lipinski definition) is 2. The summed E-state index contributed by atoms with van der Waals surface area (Å²) in [6.45, 7) is 4.29. The predicted octanol–water partition coefficient (Wildman–Crippen LogP) is 2.92. The molecule has 0 heterocycles. The van der Waals surface area contributed by atoms with Crippen molar-refractivity contribution < 1.29 is 19.5 Å². The van der Waals surface area contributed by atoms with Crippen LogP contribution in [0.1, 0.15) is 52.4 Å². The van der Waals surface area contributed by atoms with Crippen LogP contribution in [0.2, 0.25) is 0 Å². The predicted molar refractivity (Wildman–Crippen MR) is 75.1 cm³/mol. The zero-order valence-corrected chi connectivity index (χ0v) is 15.0. The molecule has 0 radical (unpaired) electrons. The van der Waals surface area contributed by atoms with Gasteiger partial charge in [0.2, 0.25) is 0 Å². The van der Waals surface area contributed by atoms with Gasteiger partial charge in [-0.3, -0.25) is 0 Å². The molecule has 0 amide bonds. The molecule has 0 aromatic heterocycles. The molecule has 0 bridgehead atoms. The van der Waals surface area contributed by atoms with Crippen LogP contribution in [0.15, 0.2) is 0 Å². The summed E-state index contributed by atoms with van der Waals surface area (Å²) in [5, 5.41) is 0. The average Bonchev–Trinajstić information content (AvgIpc) is 2.17. The number of thiocarbonyl (C=S) groups is 2. The van der Waals surface area contributed by atoms with E-state index >= 15 is 0 Å². The van der Waals surface area contributed by atoms with Gasteiger partial charge in [0.25, 0.3) is 0 Å². The third-order valence-corrected chi connectivity index (χ3v) is 3.64. The molecule has 0 aromatic rings. The number of hydrogen-bond donors (Lipinski definition) is 2. The van der Waals surface area contributed by atoms with E-state index in [2.05, 4.69) is 13.8 Å². The molecule has 0 fully saturated rings. The van der Waals surface area contributed by atoms with E-state index in [0.29, 0.717) is 9.98 Å². The summed E-state index contributed by atoms with van der Waals surface area (Å²) in [5.41, 5.74) is 11.3. The van der Waals surface area contributed by atoms with Crippen LogP contribution in [0.25, 0.3) is 0 Å². The Kier molecular flexibility index (Phi) is 11.1. The maximum atomic E-state index is 5.82. The van der Waals surface area contributed by atoms with Crippen molar-refractivity contribution in [1.82, 2.24) is 0 Å². The molecule has 0 spiro atoms. The van der Waals surface area contributed by atoms with Crippen LogP contribution in [0.4, 0.5) is 0 Å². The summed E-state index contributed by atoms with van der Waals surface area (Å²) in [7, 11) is 0. The first-order valence-corrected chi connectivity index (χ1v) is 6.42. The van der Waals surface area contributed by atoms with Gasteiger partial charge >= 0.3 is 0 Å². The zero-order valence-electron chi connectivity index (χ0n) is 10.4. The average molecular weight is 312 g/mol. The third kappa shape index (κ3) is 5.16. The molecule has 0 rings (SSSR count). The van der Waals surface area contributed by atoms with E-state index in [-0.39, 0.29) is 24.9 Å². The second-order valence-electron chi connectivity index (χ2n) is 4.02. The van der Waals surface area contributed by atoms with Crippen LogP contribution >= 0.6 is 24.4 Å². The van der Waals surface area contributed by atoms with Gasteiger partial charge in [-0.25, -0.2) is 0 Å². The molecular weight excluding hydrogens is 290 g/mol. The summed E-state index contributed by atoms with van der Waals surface area (Å²) in [5.74, 6) is 0. The van der Waals surface area contributed by atoms with Crippen molar-refractivity contribution in [2.75, 3.05) is 0 Å². The fourth-order valence-electron chi connectivity index (χ4n) is 1.70. The van der Waals surface area contributed by atoms with Crippen LogP contribution in [0.3, 0.4) is 0 Å². The summed E-state index contributed by atoms with van der Waals surface area (Å²) >= 11 is 10.3. The minimum Gasteiger partial charge on any atom is -0.393 e. The molecular formula is C11H22N2S2Zn. The third-order valence-electron chi connectivity index (χ3n) is 2.86. The van der Waals surface area contributed by atoms with Gasteiger partial charge in [0, 0.05) is 19.5 Å². The topological polar surface area (TPSA) is 52.0 Å². The van der Waals surface area contributed by atoms with Crippen molar-refractivity contribution in [2.24, 2.45) is 16.9 Å². The second kappa shape index (κ2) is 9.44. The number of nitrogens with two attached hydrogens (primary N) is 2. The number of rotatable bonds is 8. The Hall–Kier alpha value is 0.403. The molecule has 0 saturated carbocycles. The molecule has 2 nitrogen and oxygen atoms in total. The summed E-state index contributed by atoms with van der Waals surface area (Å²) < 4.78 is 0. The van der Waals surface area contributed by atoms with Gasteiger partial charge in [0.05, 0.1) is 15.4 Å². The molecule has 4 N–H and O–H groups in total. The van der Waals surface area contributed by atoms with Gasteiger partial charge in [-0.05, 0) is 12.8 Å². The summed E-state index contributed by atoms with van der Waals surface area (Å²) in [4.78, 5) is 0.939. The first kappa shape index (κ1) is 18.8. The Bertz CT molecular complexity index is 208. The van der Waals surface area contributed by atoms with Crippen LogP contribution < -0.4 is 11.5 Å². The van der Waals surface area contributed by atoms with E-state index in [1.165, 1.54) is 0 Å². The largest absolute Gasteiger partial charge is 0.393 e. The van der Waals surface area contributed by atoms with Crippen LogP contribution in [-0.2, 0) is 19.5 Å². The van der Waals surface area contributed by atoms with Crippen molar-refractivity contribution in [2.45, 2.75) is 52.4 Å². The van der Waals surface area contributed by atoms with Crippen molar-refractivity contribution >= 4 is 34.4 Å². The molecule has 0 aliphatic heterocycles. The standard InChI is InChI=1S/C11H22N2S2.Zn/c1-3-5-7-11(9(12)14,10(13)15)8-6-4-2;/h3-8H2,1-2H3,(H2,12,14)(H2,13,15);. The van der Waals surface area contributed by atoms with E-state index in [0.717, 1.165) is 38.5 Å². The molecule has 0 aromatic carbocycles. The Morgan fingerprint density at radius 1 is 0.938 bits per heavy atom. The zero-order chi connectivity index (χ0) is 11.9.